The van der Waals surface area contributed by atoms with Crippen LogP contribution in [0, 0.1) is 6.92 Å². The van der Waals surface area contributed by atoms with E-state index in [0.717, 1.165) is 65.4 Å². The van der Waals surface area contributed by atoms with Crippen molar-refractivity contribution in [3.8, 4) is 11.8 Å². The number of anilines is 1. The van der Waals surface area contributed by atoms with Crippen molar-refractivity contribution in [3.05, 3.63) is 35.5 Å². The lowest BCUT2D eigenvalue weighted by molar-refractivity contribution is 0.139. The highest BCUT2D eigenvalue weighted by Gasteiger charge is 2.30. The molecule has 32 heavy (non-hydrogen) atoms. The molecule has 9 heteroatoms. The Kier molecular flexibility index (Phi) is 5.94. The van der Waals surface area contributed by atoms with Gasteiger partial charge in [-0.2, -0.15) is 26.8 Å². The average Bonchev–Trinajstić information content (AvgIpc) is 3.21. The van der Waals surface area contributed by atoms with E-state index >= 15 is 0 Å². The topological polar surface area (TPSA) is 59.3 Å². The third kappa shape index (κ3) is 4.03. The number of ether oxygens (including phenoxy) is 1. The van der Waals surface area contributed by atoms with Crippen LogP contribution in [0.3, 0.4) is 0 Å². The van der Waals surface area contributed by atoms with Gasteiger partial charge in [-0.25, -0.2) is 9.07 Å². The Labute approximate surface area is 192 Å². The Balaban J connectivity index is 1.57. The average molecular weight is 457 g/mol. The van der Waals surface area contributed by atoms with Crippen LogP contribution in [0.5, 0.6) is 6.01 Å². The molecule has 4 heterocycles. The first kappa shape index (κ1) is 21.5. The number of thioether (sulfide) groups is 1. The van der Waals surface area contributed by atoms with E-state index in [1.165, 1.54) is 0 Å². The number of hydrogen-bond acceptors (Lipinski definition) is 7. The van der Waals surface area contributed by atoms with Crippen molar-refractivity contribution in [1.29, 1.82) is 0 Å². The van der Waals surface area contributed by atoms with E-state index < -0.39 is 6.17 Å². The number of hydrogen-bond donors (Lipinski definition) is 0. The van der Waals surface area contributed by atoms with Crippen molar-refractivity contribution < 1.29 is 9.13 Å². The number of rotatable bonds is 4. The van der Waals surface area contributed by atoms with Crippen LogP contribution in [0.25, 0.3) is 16.7 Å². The molecule has 0 amide bonds. The zero-order valence-corrected chi connectivity index (χ0v) is 19.6. The number of likely N-dealkylation sites (tertiary alicyclic amines) is 1. The van der Waals surface area contributed by atoms with Crippen molar-refractivity contribution in [3.63, 3.8) is 0 Å². The monoisotopic (exact) mass is 456 g/mol. The first-order valence-corrected chi connectivity index (χ1v) is 12.3. The van der Waals surface area contributed by atoms with Crippen LogP contribution < -0.4 is 9.64 Å². The van der Waals surface area contributed by atoms with E-state index in [-0.39, 0.29) is 5.92 Å². The maximum Gasteiger partial charge on any atom is 0.320 e. The second-order valence-corrected chi connectivity index (χ2v) is 9.89. The normalized spacial score (nSPS) is 22.4. The summed E-state index contributed by atoms with van der Waals surface area (Å²) >= 11 is 1.96. The Hall–Kier alpha value is -2.39. The van der Waals surface area contributed by atoms with Crippen LogP contribution in [0.1, 0.15) is 23.5 Å². The largest absolute Gasteiger partial charge is 0.467 e. The second kappa shape index (κ2) is 8.86. The van der Waals surface area contributed by atoms with Crippen molar-refractivity contribution in [2.45, 2.75) is 25.4 Å². The van der Waals surface area contributed by atoms with Crippen LogP contribution in [-0.2, 0) is 0 Å². The highest BCUT2D eigenvalue weighted by Crippen LogP contribution is 2.35. The smallest absolute Gasteiger partial charge is 0.320 e. The molecule has 2 aliphatic rings. The van der Waals surface area contributed by atoms with Gasteiger partial charge in [0.25, 0.3) is 0 Å². The molecule has 0 spiro atoms. The maximum atomic E-state index is 15.0. The first-order chi connectivity index (χ1) is 15.5. The van der Waals surface area contributed by atoms with E-state index in [4.69, 9.17) is 4.74 Å². The number of fused-ring (bicyclic) bond motifs is 1. The van der Waals surface area contributed by atoms with E-state index in [2.05, 4.69) is 43.9 Å². The van der Waals surface area contributed by atoms with Crippen LogP contribution in [0.2, 0.25) is 0 Å². The minimum atomic E-state index is -0.871. The third-order valence-corrected chi connectivity index (χ3v) is 7.46. The molecular formula is C23H29FN6OS. The summed E-state index contributed by atoms with van der Waals surface area (Å²) in [7, 11) is 3.56. The van der Waals surface area contributed by atoms with Gasteiger partial charge in [0.2, 0.25) is 0 Å². The highest BCUT2D eigenvalue weighted by atomic mass is 32.2. The third-order valence-electron chi connectivity index (χ3n) is 6.51. The summed E-state index contributed by atoms with van der Waals surface area (Å²) in [5.41, 5.74) is 3.10. The van der Waals surface area contributed by atoms with Gasteiger partial charge in [-0.15, -0.1) is 0 Å². The summed E-state index contributed by atoms with van der Waals surface area (Å²) < 4.78 is 22.2. The number of aromatic nitrogens is 4. The summed E-state index contributed by atoms with van der Waals surface area (Å²) in [6.45, 7) is 5.34. The van der Waals surface area contributed by atoms with Gasteiger partial charge < -0.3 is 14.5 Å². The summed E-state index contributed by atoms with van der Waals surface area (Å²) in [5, 5.41) is 5.65. The Morgan fingerprint density at radius 1 is 1.09 bits per heavy atom. The van der Waals surface area contributed by atoms with Crippen LogP contribution in [0.4, 0.5) is 10.2 Å². The summed E-state index contributed by atoms with van der Waals surface area (Å²) in [5.74, 6) is 3.57. The van der Waals surface area contributed by atoms with Crippen molar-refractivity contribution in [2.75, 3.05) is 56.7 Å². The summed E-state index contributed by atoms with van der Waals surface area (Å²) in [6.07, 6.45) is 1.79. The van der Waals surface area contributed by atoms with Crippen LogP contribution in [0.15, 0.2) is 24.4 Å². The van der Waals surface area contributed by atoms with E-state index in [1.54, 1.807) is 7.11 Å². The number of piperidine rings is 1. The van der Waals surface area contributed by atoms with Gasteiger partial charge in [0, 0.05) is 48.5 Å². The molecule has 0 saturated carbocycles. The Morgan fingerprint density at radius 2 is 1.88 bits per heavy atom. The molecule has 0 unspecified atom stereocenters. The molecule has 0 bridgehead atoms. The lowest BCUT2D eigenvalue weighted by Crippen LogP contribution is -2.38. The van der Waals surface area contributed by atoms with Gasteiger partial charge in [-0.3, -0.25) is 0 Å². The number of aryl methyl sites for hydroxylation is 1. The van der Waals surface area contributed by atoms with Gasteiger partial charge in [0.05, 0.1) is 18.8 Å². The molecule has 5 rings (SSSR count). The Morgan fingerprint density at radius 3 is 2.62 bits per heavy atom. The van der Waals surface area contributed by atoms with E-state index in [1.807, 2.05) is 35.8 Å². The minimum absolute atomic E-state index is 0.0969. The fraction of sp³-hybridized carbons (Fsp3) is 0.522. The van der Waals surface area contributed by atoms with Crippen molar-refractivity contribution in [2.24, 2.45) is 0 Å². The van der Waals surface area contributed by atoms with Gasteiger partial charge in [0.15, 0.2) is 5.82 Å². The molecule has 3 aromatic rings. The lowest BCUT2D eigenvalue weighted by atomic mass is 9.85. The minimum Gasteiger partial charge on any atom is -0.467 e. The molecule has 0 aliphatic carbocycles. The molecule has 2 fully saturated rings. The van der Waals surface area contributed by atoms with Gasteiger partial charge in [-0.05, 0) is 50.2 Å². The standard InChI is InChI=1S/C23H29FN6OS/c1-15-10-16-13-25-30(20(16)11-18(15)17-4-5-28(2)14-19(17)24)22-12-21(26-23(27-22)31-3)29-6-8-32-9-7-29/h10-13,17,19H,4-9,14H2,1-3H3/t17-,19-/m0/s1. The first-order valence-electron chi connectivity index (χ1n) is 11.1. The number of methoxy groups -OCH3 is 1. The number of alkyl halides is 1. The molecule has 7 nitrogen and oxygen atoms in total. The second-order valence-electron chi connectivity index (χ2n) is 8.67. The molecule has 0 N–H and O–H groups in total. The molecule has 2 aromatic heterocycles. The Bertz CT molecular complexity index is 1120. The molecule has 2 atom stereocenters. The predicted molar refractivity (Wildman–Crippen MR) is 127 cm³/mol. The number of benzene rings is 1. The molecule has 2 aliphatic heterocycles. The van der Waals surface area contributed by atoms with Crippen molar-refractivity contribution in [1.82, 2.24) is 24.6 Å². The number of nitrogens with zero attached hydrogens (tertiary/aromatic N) is 6. The fourth-order valence-electron chi connectivity index (χ4n) is 4.75. The van der Waals surface area contributed by atoms with Gasteiger partial charge in [0.1, 0.15) is 12.0 Å². The molecule has 1 aromatic carbocycles. The number of halogens is 1. The van der Waals surface area contributed by atoms with E-state index in [9.17, 15) is 4.39 Å². The van der Waals surface area contributed by atoms with Gasteiger partial charge >= 0.3 is 6.01 Å². The SMILES string of the molecule is COc1nc(N2CCSCC2)cc(-n2ncc3cc(C)c([C@@H]4CCN(C)C[C@@H]4F)cc32)n1. The van der Waals surface area contributed by atoms with Crippen LogP contribution in [-0.4, -0.2) is 82.7 Å². The quantitative estimate of drug-likeness (QED) is 0.596. The zero-order chi connectivity index (χ0) is 22.2. The zero-order valence-electron chi connectivity index (χ0n) is 18.8. The molecule has 0 radical (unpaired) electrons. The molecule has 170 valence electrons. The molecule has 2 saturated heterocycles. The predicted octanol–water partition coefficient (Wildman–Crippen LogP) is 3.44. The van der Waals surface area contributed by atoms with E-state index in [0.29, 0.717) is 18.4 Å². The summed E-state index contributed by atoms with van der Waals surface area (Å²) in [4.78, 5) is 13.5. The van der Waals surface area contributed by atoms with Crippen LogP contribution >= 0.6 is 11.8 Å². The molecular weight excluding hydrogens is 427 g/mol. The maximum absolute atomic E-state index is 15.0. The summed E-state index contributed by atoms with van der Waals surface area (Å²) in [6, 6.07) is 6.51. The van der Waals surface area contributed by atoms with Gasteiger partial charge in [-0.1, -0.05) is 0 Å². The lowest BCUT2D eigenvalue weighted by Gasteiger charge is -2.33. The fourth-order valence-corrected chi connectivity index (χ4v) is 5.65. The van der Waals surface area contributed by atoms with Crippen molar-refractivity contribution >= 4 is 28.5 Å². The highest BCUT2D eigenvalue weighted by molar-refractivity contribution is 7.99.